The fraction of sp³-hybridized carbons (Fsp3) is 1.00. The fourth-order valence-electron chi connectivity index (χ4n) is 3.40. The summed E-state index contributed by atoms with van der Waals surface area (Å²) in [5, 5.41) is 0. The van der Waals surface area contributed by atoms with Crippen molar-refractivity contribution in [3.05, 3.63) is 0 Å². The largest absolute Gasteiger partial charge is 0.0859 e. The summed E-state index contributed by atoms with van der Waals surface area (Å²) in [6.07, 6.45) is 12.8. The van der Waals surface area contributed by atoms with Crippen LogP contribution in [-0.4, -0.2) is 7.85 Å². The Balaban J connectivity index is 1.84. The van der Waals surface area contributed by atoms with Crippen LogP contribution in [0.3, 0.4) is 0 Å². The lowest BCUT2D eigenvalue weighted by molar-refractivity contribution is 0.207. The van der Waals surface area contributed by atoms with Gasteiger partial charge in [0.15, 0.2) is 0 Å². The van der Waals surface area contributed by atoms with Gasteiger partial charge in [0, 0.05) is 0 Å². The topological polar surface area (TPSA) is 0 Å². The third-order valence-corrected chi connectivity index (χ3v) is 4.22. The van der Waals surface area contributed by atoms with Gasteiger partial charge in [0.2, 0.25) is 0 Å². The monoisotopic (exact) mass is 176 g/mol. The van der Waals surface area contributed by atoms with Gasteiger partial charge in [-0.15, -0.1) is 0 Å². The number of hydrogen-bond donors (Lipinski definition) is 0. The smallest absolute Gasteiger partial charge is 0.0656 e. The summed E-state index contributed by atoms with van der Waals surface area (Å²) in [6, 6.07) is 0. The average Bonchev–Trinajstić information content (AvgIpc) is 2.71. The molecule has 13 heavy (non-hydrogen) atoms. The second-order valence-corrected chi connectivity index (χ2v) is 5.07. The first-order chi connectivity index (χ1) is 6.40. The Hall–Kier alpha value is 0.0649. The Labute approximate surface area is 83.9 Å². The first-order valence-corrected chi connectivity index (χ1v) is 6.10. The van der Waals surface area contributed by atoms with Crippen molar-refractivity contribution in [2.75, 3.05) is 0 Å². The van der Waals surface area contributed by atoms with Crippen molar-refractivity contribution < 1.29 is 0 Å². The zero-order valence-electron chi connectivity index (χ0n) is 8.67. The van der Waals surface area contributed by atoms with E-state index in [4.69, 9.17) is 7.85 Å². The van der Waals surface area contributed by atoms with E-state index >= 15 is 0 Å². The minimum atomic E-state index is 0.861. The van der Waals surface area contributed by atoms with E-state index in [9.17, 15) is 0 Å². The first kappa shape index (κ1) is 9.61. The van der Waals surface area contributed by atoms with E-state index in [1.165, 1.54) is 51.4 Å². The molecular weight excluding hydrogens is 155 g/mol. The maximum absolute atomic E-state index is 5.76. The molecule has 0 N–H and O–H groups in total. The third kappa shape index (κ3) is 2.30. The van der Waals surface area contributed by atoms with Gasteiger partial charge in [0.1, 0.15) is 0 Å². The molecule has 0 bridgehead atoms. The molecule has 0 aromatic rings. The highest BCUT2D eigenvalue weighted by Gasteiger charge is 2.29. The third-order valence-electron chi connectivity index (χ3n) is 4.22. The zero-order valence-corrected chi connectivity index (χ0v) is 8.67. The van der Waals surface area contributed by atoms with Crippen molar-refractivity contribution in [2.45, 2.75) is 57.7 Å². The second-order valence-electron chi connectivity index (χ2n) is 5.07. The predicted molar refractivity (Wildman–Crippen MR) is 58.0 cm³/mol. The highest BCUT2D eigenvalue weighted by Crippen LogP contribution is 2.41. The van der Waals surface area contributed by atoms with Crippen molar-refractivity contribution in [1.82, 2.24) is 0 Å². The van der Waals surface area contributed by atoms with Crippen LogP contribution in [0.2, 0.25) is 6.32 Å². The first-order valence-electron chi connectivity index (χ1n) is 6.10. The molecule has 2 aliphatic rings. The van der Waals surface area contributed by atoms with Gasteiger partial charge in [-0.05, 0) is 24.2 Å². The molecule has 2 fully saturated rings. The molecule has 0 heterocycles. The molecule has 2 rings (SSSR count). The van der Waals surface area contributed by atoms with Crippen LogP contribution in [0.4, 0.5) is 0 Å². The maximum atomic E-state index is 5.76. The summed E-state index contributed by atoms with van der Waals surface area (Å²) in [7, 11) is 5.76. The van der Waals surface area contributed by atoms with Crippen LogP contribution in [0, 0.1) is 17.8 Å². The SMILES string of the molecule is [B]CC1CCCC(C2CCCC2)C1. The Bertz CT molecular complexity index is 149. The van der Waals surface area contributed by atoms with Gasteiger partial charge in [-0.25, -0.2) is 0 Å². The molecule has 72 valence electrons. The Kier molecular flexibility index (Phi) is 3.35. The van der Waals surface area contributed by atoms with Crippen LogP contribution in [-0.2, 0) is 0 Å². The highest BCUT2D eigenvalue weighted by molar-refractivity contribution is 6.08. The molecule has 0 saturated heterocycles. The van der Waals surface area contributed by atoms with Crippen molar-refractivity contribution in [1.29, 1.82) is 0 Å². The van der Waals surface area contributed by atoms with Gasteiger partial charge >= 0.3 is 0 Å². The van der Waals surface area contributed by atoms with E-state index in [1.54, 1.807) is 0 Å². The standard InChI is InChI=1S/C12H21B/c13-9-10-4-3-7-12(8-10)11-5-1-2-6-11/h10-12H,1-9H2. The normalized spacial score (nSPS) is 36.6. The van der Waals surface area contributed by atoms with Crippen molar-refractivity contribution in [3.8, 4) is 0 Å². The van der Waals surface area contributed by atoms with E-state index in [0.717, 1.165) is 24.1 Å². The summed E-state index contributed by atoms with van der Waals surface area (Å²) in [5.74, 6) is 2.98. The lowest BCUT2D eigenvalue weighted by atomic mass is 9.71. The van der Waals surface area contributed by atoms with Crippen LogP contribution in [0.5, 0.6) is 0 Å². The van der Waals surface area contributed by atoms with Gasteiger partial charge in [0.05, 0.1) is 7.85 Å². The summed E-state index contributed by atoms with van der Waals surface area (Å²) < 4.78 is 0. The molecule has 0 spiro atoms. The van der Waals surface area contributed by atoms with E-state index in [2.05, 4.69) is 0 Å². The summed E-state index contributed by atoms with van der Waals surface area (Å²) in [4.78, 5) is 0. The van der Waals surface area contributed by atoms with Gasteiger partial charge in [-0.1, -0.05) is 51.3 Å². The Morgan fingerprint density at radius 2 is 1.54 bits per heavy atom. The summed E-state index contributed by atoms with van der Waals surface area (Å²) in [5.41, 5.74) is 0. The lowest BCUT2D eigenvalue weighted by Gasteiger charge is -2.32. The van der Waals surface area contributed by atoms with E-state index in [1.807, 2.05) is 0 Å². The highest BCUT2D eigenvalue weighted by atomic mass is 14.3. The zero-order chi connectivity index (χ0) is 9.10. The number of rotatable bonds is 2. The Morgan fingerprint density at radius 1 is 0.846 bits per heavy atom. The second kappa shape index (κ2) is 4.53. The minimum absolute atomic E-state index is 0.861. The van der Waals surface area contributed by atoms with Crippen LogP contribution in [0.1, 0.15) is 51.4 Å². The average molecular weight is 176 g/mol. The summed E-state index contributed by atoms with van der Waals surface area (Å²) in [6.45, 7) is 0. The molecule has 1 heteroatoms. The van der Waals surface area contributed by atoms with Crippen LogP contribution >= 0.6 is 0 Å². The molecule has 0 aromatic heterocycles. The van der Waals surface area contributed by atoms with Crippen molar-refractivity contribution in [3.63, 3.8) is 0 Å². The summed E-state index contributed by atoms with van der Waals surface area (Å²) >= 11 is 0. The fourth-order valence-corrected chi connectivity index (χ4v) is 3.40. The van der Waals surface area contributed by atoms with Gasteiger partial charge < -0.3 is 0 Å². The van der Waals surface area contributed by atoms with Crippen LogP contribution < -0.4 is 0 Å². The Morgan fingerprint density at radius 3 is 2.23 bits per heavy atom. The van der Waals surface area contributed by atoms with Gasteiger partial charge in [-0.2, -0.15) is 0 Å². The molecule has 2 aliphatic carbocycles. The molecule has 0 nitrogen and oxygen atoms in total. The van der Waals surface area contributed by atoms with Gasteiger partial charge in [0.25, 0.3) is 0 Å². The quantitative estimate of drug-likeness (QED) is 0.564. The molecule has 0 aliphatic heterocycles. The predicted octanol–water partition coefficient (Wildman–Crippen LogP) is 3.57. The molecule has 0 aromatic carbocycles. The number of hydrogen-bond acceptors (Lipinski definition) is 0. The molecule has 2 radical (unpaired) electrons. The molecule has 2 atom stereocenters. The van der Waals surface area contributed by atoms with E-state index < -0.39 is 0 Å². The van der Waals surface area contributed by atoms with Crippen molar-refractivity contribution >= 4 is 7.85 Å². The molecule has 2 unspecified atom stereocenters. The maximum Gasteiger partial charge on any atom is 0.0656 e. The van der Waals surface area contributed by atoms with Crippen LogP contribution in [0.25, 0.3) is 0 Å². The van der Waals surface area contributed by atoms with E-state index in [-0.39, 0.29) is 0 Å². The minimum Gasteiger partial charge on any atom is -0.0859 e. The van der Waals surface area contributed by atoms with E-state index in [0.29, 0.717) is 0 Å². The van der Waals surface area contributed by atoms with Crippen LogP contribution in [0.15, 0.2) is 0 Å². The molecule has 0 amide bonds. The lowest BCUT2D eigenvalue weighted by Crippen LogP contribution is -2.21. The van der Waals surface area contributed by atoms with Crippen molar-refractivity contribution in [2.24, 2.45) is 17.8 Å². The van der Waals surface area contributed by atoms with Gasteiger partial charge in [-0.3, -0.25) is 0 Å². The molecular formula is C12H21B. The molecule has 2 saturated carbocycles.